The van der Waals surface area contributed by atoms with Gasteiger partial charge < -0.3 is 64.7 Å². The van der Waals surface area contributed by atoms with Crippen molar-refractivity contribution in [3.05, 3.63) is 12.3 Å². The Morgan fingerprint density at radius 3 is 2.30 bits per heavy atom. The molecule has 0 aromatic heterocycles. The van der Waals surface area contributed by atoms with Gasteiger partial charge in [0.05, 0.1) is 32.5 Å². The summed E-state index contributed by atoms with van der Waals surface area (Å²) < 4.78 is 59.1. The van der Waals surface area contributed by atoms with Crippen molar-refractivity contribution >= 4 is 33.4 Å². The molecule has 0 bridgehead atoms. The molecule has 0 spiro atoms. The van der Waals surface area contributed by atoms with Gasteiger partial charge in [-0.25, -0.2) is 13.9 Å². The van der Waals surface area contributed by atoms with Gasteiger partial charge in [-0.05, 0) is 6.08 Å². The van der Waals surface area contributed by atoms with Gasteiger partial charge in [-0.3, -0.25) is 13.9 Å². The van der Waals surface area contributed by atoms with Crippen molar-refractivity contribution in [2.24, 2.45) is 0 Å². The van der Waals surface area contributed by atoms with Crippen molar-refractivity contribution < 1.29 is 86.7 Å². The number of amides is 2. The van der Waals surface area contributed by atoms with Gasteiger partial charge in [-0.15, -0.1) is 0 Å². The molecule has 7 unspecified atom stereocenters. The molecule has 2 fully saturated rings. The van der Waals surface area contributed by atoms with E-state index in [1.807, 2.05) is 0 Å². The van der Waals surface area contributed by atoms with E-state index in [-0.39, 0.29) is 5.75 Å². The number of nitrogens with one attached hydrogen (secondary N) is 1. The number of hydrogen-bond donors (Lipinski definition) is 9. The molecule has 0 aromatic carbocycles. The van der Waals surface area contributed by atoms with Crippen LogP contribution in [0, 0.1) is 0 Å². The van der Waals surface area contributed by atoms with Crippen LogP contribution in [-0.2, 0) is 41.4 Å². The lowest BCUT2D eigenvalue weighted by molar-refractivity contribution is -0.270. The van der Waals surface area contributed by atoms with Crippen LogP contribution in [0.25, 0.3) is 0 Å². The lowest BCUT2D eigenvalue weighted by atomic mass is 10.0. The van der Waals surface area contributed by atoms with Gasteiger partial charge in [0.25, 0.3) is 0 Å². The molecule has 23 heteroatoms. The summed E-state index contributed by atoms with van der Waals surface area (Å²) in [6, 6.07) is -0.889. The first-order valence-electron chi connectivity index (χ1n) is 12.7. The molecule has 250 valence electrons. The lowest BCUT2D eigenvalue weighted by Gasteiger charge is -2.40. The van der Waals surface area contributed by atoms with Crippen LogP contribution in [0.2, 0.25) is 0 Å². The van der Waals surface area contributed by atoms with Crippen molar-refractivity contribution in [3.8, 4) is 0 Å². The SMILES string of the molecule is COCCOCCSCC1O[C@H](OP(=O)(O)OP(=O)(O)OCC2OC(N3C=CC(O)NC3=O)[C@H](O)[C@@H]2O)[C@@H](O)C(O)[C@H]1O. The fraction of sp³-hybridized carbons (Fsp3) is 0.850. The van der Waals surface area contributed by atoms with Crippen LogP contribution < -0.4 is 5.32 Å². The van der Waals surface area contributed by atoms with Crippen molar-refractivity contribution in [2.45, 2.75) is 61.5 Å². The maximum absolute atomic E-state index is 12.5. The number of nitrogens with zero attached hydrogens (tertiary/aromatic N) is 1. The van der Waals surface area contributed by atoms with E-state index in [1.165, 1.54) is 18.9 Å². The smallest absolute Gasteiger partial charge is 0.388 e. The molecule has 2 amide bonds. The highest BCUT2D eigenvalue weighted by Gasteiger charge is 2.50. The van der Waals surface area contributed by atoms with Gasteiger partial charge in [0.1, 0.15) is 42.9 Å². The summed E-state index contributed by atoms with van der Waals surface area (Å²) in [5.41, 5.74) is 0. The zero-order valence-corrected chi connectivity index (χ0v) is 25.2. The quantitative estimate of drug-likeness (QED) is 0.0569. The van der Waals surface area contributed by atoms with Crippen molar-refractivity contribution in [2.75, 3.05) is 45.0 Å². The second-order valence-corrected chi connectivity index (χ2v) is 13.5. The molecule has 3 rings (SSSR count). The van der Waals surface area contributed by atoms with Crippen molar-refractivity contribution in [3.63, 3.8) is 0 Å². The molecular formula is C20H36N2O18P2S. The van der Waals surface area contributed by atoms with E-state index in [0.717, 1.165) is 17.2 Å². The fourth-order valence-electron chi connectivity index (χ4n) is 3.96. The number of carbonyl (C=O) groups is 1. The van der Waals surface area contributed by atoms with E-state index in [1.54, 1.807) is 0 Å². The normalized spacial score (nSPS) is 37.6. The van der Waals surface area contributed by atoms with E-state index in [2.05, 4.69) is 18.7 Å². The number of ether oxygens (including phenoxy) is 4. The molecule has 43 heavy (non-hydrogen) atoms. The number of hydrogen-bond acceptors (Lipinski definition) is 17. The molecule has 0 saturated carbocycles. The third-order valence-corrected chi connectivity index (χ3v) is 9.77. The van der Waals surface area contributed by atoms with Gasteiger partial charge >= 0.3 is 21.7 Å². The highest BCUT2D eigenvalue weighted by molar-refractivity contribution is 7.99. The lowest BCUT2D eigenvalue weighted by Crippen LogP contribution is -2.58. The molecule has 0 radical (unpaired) electrons. The van der Waals surface area contributed by atoms with Gasteiger partial charge in [-0.2, -0.15) is 16.1 Å². The number of aliphatic hydroxyl groups is 6. The van der Waals surface area contributed by atoms with E-state index in [0.29, 0.717) is 25.6 Å². The molecular weight excluding hydrogens is 650 g/mol. The Balaban J connectivity index is 1.51. The number of aliphatic hydroxyl groups excluding tert-OH is 6. The largest absolute Gasteiger partial charge is 0.483 e. The number of methoxy groups -OCH3 is 1. The van der Waals surface area contributed by atoms with Gasteiger partial charge in [-0.1, -0.05) is 0 Å². The van der Waals surface area contributed by atoms with Gasteiger partial charge in [0, 0.05) is 24.8 Å². The average molecular weight is 687 g/mol. The molecule has 3 aliphatic rings. The first-order valence-corrected chi connectivity index (χ1v) is 16.8. The summed E-state index contributed by atoms with van der Waals surface area (Å²) in [5.74, 6) is 0.470. The maximum atomic E-state index is 12.5. The van der Waals surface area contributed by atoms with Crippen LogP contribution in [0.5, 0.6) is 0 Å². The summed E-state index contributed by atoms with van der Waals surface area (Å²) in [4.78, 5) is 32.9. The Labute approximate surface area is 249 Å². The van der Waals surface area contributed by atoms with Crippen LogP contribution in [0.4, 0.5) is 4.79 Å². The summed E-state index contributed by atoms with van der Waals surface area (Å²) in [5, 5.41) is 62.6. The Bertz CT molecular complexity index is 1040. The molecule has 9 N–H and O–H groups in total. The predicted molar refractivity (Wildman–Crippen MR) is 141 cm³/mol. The zero-order valence-electron chi connectivity index (χ0n) is 22.6. The summed E-state index contributed by atoms with van der Waals surface area (Å²) in [7, 11) is -9.54. The van der Waals surface area contributed by atoms with E-state index >= 15 is 0 Å². The van der Waals surface area contributed by atoms with Crippen molar-refractivity contribution in [1.82, 2.24) is 10.2 Å². The predicted octanol–water partition coefficient (Wildman–Crippen LogP) is -3.26. The number of rotatable bonds is 16. The minimum atomic E-state index is -5.58. The first-order chi connectivity index (χ1) is 20.2. The highest BCUT2D eigenvalue weighted by Crippen LogP contribution is 2.61. The van der Waals surface area contributed by atoms with E-state index in [4.69, 9.17) is 18.9 Å². The average Bonchev–Trinajstić information content (AvgIpc) is 3.20. The Hall–Kier alpha value is -0.780. The molecule has 12 atom stereocenters. The second-order valence-electron chi connectivity index (χ2n) is 9.30. The first kappa shape index (κ1) is 36.7. The molecule has 0 aromatic rings. The maximum Gasteiger partial charge on any atom is 0.483 e. The molecule has 3 heterocycles. The van der Waals surface area contributed by atoms with Gasteiger partial charge in [0.15, 0.2) is 12.5 Å². The molecule has 20 nitrogen and oxygen atoms in total. The van der Waals surface area contributed by atoms with Crippen LogP contribution >= 0.6 is 27.4 Å². The summed E-state index contributed by atoms with van der Waals surface area (Å²) >= 11 is 1.23. The number of carbonyl (C=O) groups excluding carboxylic acids is 1. The molecule has 0 aliphatic carbocycles. The highest BCUT2D eigenvalue weighted by atomic mass is 32.2. The number of phosphoric ester groups is 2. The molecule has 2 saturated heterocycles. The van der Waals surface area contributed by atoms with E-state index < -0.39 is 89.8 Å². The van der Waals surface area contributed by atoms with Crippen LogP contribution in [-0.4, -0.2) is 158 Å². The third kappa shape index (κ3) is 10.4. The third-order valence-electron chi connectivity index (χ3n) is 6.15. The Morgan fingerprint density at radius 1 is 0.930 bits per heavy atom. The fourth-order valence-corrected chi connectivity index (χ4v) is 7.03. The Morgan fingerprint density at radius 2 is 1.63 bits per heavy atom. The monoisotopic (exact) mass is 686 g/mol. The van der Waals surface area contributed by atoms with Gasteiger partial charge in [0.2, 0.25) is 0 Å². The minimum Gasteiger partial charge on any atom is -0.388 e. The van der Waals surface area contributed by atoms with Crippen LogP contribution in [0.15, 0.2) is 12.3 Å². The summed E-state index contributed by atoms with van der Waals surface area (Å²) in [6.45, 7) is 0.0926. The summed E-state index contributed by atoms with van der Waals surface area (Å²) in [6.07, 6.45) is -14.5. The zero-order chi connectivity index (χ0) is 31.9. The number of thioether (sulfide) groups is 1. The van der Waals surface area contributed by atoms with Crippen molar-refractivity contribution in [1.29, 1.82) is 0 Å². The topological polar surface area (TPSA) is 293 Å². The minimum absolute atomic E-state index is 0.0304. The Kier molecular flexibility index (Phi) is 13.8. The van der Waals surface area contributed by atoms with E-state index in [9.17, 15) is 54.4 Å². The standard InChI is InChI=1S/C20H36N2O18P2S/c1-34-4-5-35-6-7-43-9-11-14(25)15(26)17(28)19(38-11)39-42(32,33)40-41(30,31)36-8-10-13(24)16(27)18(37-10)22-3-2-12(23)21-20(22)29/h2-3,10-19,23-28H,4-9H2,1H3,(H,21,29)(H,30,31)(H,32,33)/t10?,11?,12?,13-,14+,15?,16-,17+,18?,19-/m1/s1. The number of phosphoric acid groups is 2. The number of urea groups is 1. The van der Waals surface area contributed by atoms with Crippen LogP contribution in [0.1, 0.15) is 0 Å². The second kappa shape index (κ2) is 16.2. The molecule has 3 aliphatic heterocycles. The van der Waals surface area contributed by atoms with Crippen LogP contribution in [0.3, 0.4) is 0 Å².